The maximum Gasteiger partial charge on any atom is 0.341 e. The second kappa shape index (κ2) is 3.49. The van der Waals surface area contributed by atoms with E-state index in [1.165, 1.54) is 0 Å². The van der Waals surface area contributed by atoms with Gasteiger partial charge in [-0.1, -0.05) is 6.07 Å². The van der Waals surface area contributed by atoms with E-state index in [0.717, 1.165) is 18.2 Å². The van der Waals surface area contributed by atoms with Gasteiger partial charge in [-0.25, -0.2) is 12.8 Å². The molecule has 0 atom stereocenters. The molecule has 0 aliphatic rings. The molecule has 0 aliphatic heterocycles. The van der Waals surface area contributed by atoms with Crippen molar-refractivity contribution in [3.63, 3.8) is 0 Å². The Labute approximate surface area is 78.3 Å². The Hall–Kier alpha value is -1.24. The number of para-hydroxylation sites is 1. The van der Waals surface area contributed by atoms with Crippen LogP contribution in [-0.2, 0) is 9.84 Å². The zero-order valence-electron chi connectivity index (χ0n) is 6.75. The van der Waals surface area contributed by atoms with E-state index in [2.05, 4.69) is 0 Å². The van der Waals surface area contributed by atoms with Crippen molar-refractivity contribution in [2.75, 3.05) is 5.73 Å². The lowest BCUT2D eigenvalue weighted by atomic mass is 10.3. The van der Waals surface area contributed by atoms with Gasteiger partial charge in [0, 0.05) is 0 Å². The summed E-state index contributed by atoms with van der Waals surface area (Å²) in [4.78, 5) is -0.882. The molecule has 0 aromatic heterocycles. The number of halogens is 3. The first-order valence-corrected chi connectivity index (χ1v) is 4.98. The van der Waals surface area contributed by atoms with Crippen molar-refractivity contribution in [2.45, 2.75) is 10.7 Å². The van der Waals surface area contributed by atoms with Gasteiger partial charge in [-0.2, -0.15) is 8.78 Å². The molecule has 0 amide bonds. The molecule has 1 aromatic carbocycles. The standard InChI is InChI=1S/C7H6F3NO2S/c8-4-2-1-3-5(6(4)11)14(12,13)7(9)10/h1-3,7H,11H2. The summed E-state index contributed by atoms with van der Waals surface area (Å²) in [5.41, 5.74) is 4.23. The molecule has 0 heterocycles. The highest BCUT2D eigenvalue weighted by molar-refractivity contribution is 7.91. The number of alkyl halides is 2. The van der Waals surface area contributed by atoms with E-state index >= 15 is 0 Å². The lowest BCUT2D eigenvalue weighted by molar-refractivity contribution is 0.235. The zero-order chi connectivity index (χ0) is 10.9. The summed E-state index contributed by atoms with van der Waals surface area (Å²) in [5, 5.41) is 0. The van der Waals surface area contributed by atoms with Crippen LogP contribution in [0.15, 0.2) is 23.1 Å². The van der Waals surface area contributed by atoms with Crippen LogP contribution in [0.3, 0.4) is 0 Å². The van der Waals surface area contributed by atoms with E-state index in [9.17, 15) is 21.6 Å². The van der Waals surface area contributed by atoms with Gasteiger partial charge < -0.3 is 5.73 Å². The fourth-order valence-electron chi connectivity index (χ4n) is 0.861. The predicted molar refractivity (Wildman–Crippen MR) is 44.0 cm³/mol. The van der Waals surface area contributed by atoms with E-state index in [1.807, 2.05) is 0 Å². The summed E-state index contributed by atoms with van der Waals surface area (Å²) < 4.78 is 58.6. The summed E-state index contributed by atoms with van der Waals surface area (Å²) in [7, 11) is -4.83. The Morgan fingerprint density at radius 3 is 2.36 bits per heavy atom. The molecule has 0 fully saturated rings. The zero-order valence-corrected chi connectivity index (χ0v) is 7.56. The van der Waals surface area contributed by atoms with Crippen molar-refractivity contribution in [2.24, 2.45) is 0 Å². The summed E-state index contributed by atoms with van der Waals surface area (Å²) in [6, 6.07) is 2.72. The Kier molecular flexibility index (Phi) is 2.70. The van der Waals surface area contributed by atoms with Crippen LogP contribution in [0.2, 0.25) is 0 Å². The Bertz CT molecular complexity index is 444. The minimum atomic E-state index is -4.83. The normalized spacial score (nSPS) is 12.0. The maximum absolute atomic E-state index is 12.7. The number of sulfone groups is 1. The molecule has 2 N–H and O–H groups in total. The van der Waals surface area contributed by atoms with Crippen molar-refractivity contribution >= 4 is 15.5 Å². The van der Waals surface area contributed by atoms with E-state index in [1.54, 1.807) is 0 Å². The lowest BCUT2D eigenvalue weighted by Gasteiger charge is -2.06. The van der Waals surface area contributed by atoms with Gasteiger partial charge in [0.25, 0.3) is 0 Å². The largest absolute Gasteiger partial charge is 0.395 e. The number of anilines is 1. The Morgan fingerprint density at radius 2 is 1.86 bits per heavy atom. The van der Waals surface area contributed by atoms with Crippen LogP contribution in [0.25, 0.3) is 0 Å². The van der Waals surface area contributed by atoms with E-state index in [4.69, 9.17) is 5.73 Å². The summed E-state index contributed by atoms with van der Waals surface area (Å²) in [6.45, 7) is 0. The molecule has 0 saturated heterocycles. The van der Waals surface area contributed by atoms with Crippen LogP contribution in [0, 0.1) is 5.82 Å². The van der Waals surface area contributed by atoms with Gasteiger partial charge in [0.15, 0.2) is 0 Å². The van der Waals surface area contributed by atoms with Crippen LogP contribution in [0.1, 0.15) is 0 Å². The molecule has 0 aliphatic carbocycles. The van der Waals surface area contributed by atoms with E-state index in [0.29, 0.717) is 0 Å². The first-order chi connectivity index (χ1) is 6.37. The third-order valence-electron chi connectivity index (χ3n) is 1.55. The first kappa shape index (κ1) is 10.8. The molecule has 78 valence electrons. The average Bonchev–Trinajstić information content (AvgIpc) is 2.09. The quantitative estimate of drug-likeness (QED) is 0.774. The molecule has 14 heavy (non-hydrogen) atoms. The number of nitrogen functional groups attached to an aromatic ring is 1. The van der Waals surface area contributed by atoms with Crippen LogP contribution >= 0.6 is 0 Å². The third-order valence-corrected chi connectivity index (χ3v) is 2.99. The van der Waals surface area contributed by atoms with Crippen LogP contribution in [0.5, 0.6) is 0 Å². The number of hydrogen-bond donors (Lipinski definition) is 1. The van der Waals surface area contributed by atoms with Crippen molar-refractivity contribution in [3.8, 4) is 0 Å². The highest BCUT2D eigenvalue weighted by Gasteiger charge is 2.29. The summed E-state index contributed by atoms with van der Waals surface area (Å²) in [5.74, 6) is -4.64. The molecule has 0 radical (unpaired) electrons. The van der Waals surface area contributed by atoms with Gasteiger partial charge in [-0.15, -0.1) is 0 Å². The van der Waals surface area contributed by atoms with Crippen molar-refractivity contribution in [1.82, 2.24) is 0 Å². The highest BCUT2D eigenvalue weighted by atomic mass is 32.2. The lowest BCUT2D eigenvalue weighted by Crippen LogP contribution is -2.14. The third kappa shape index (κ3) is 1.67. The molecule has 7 heteroatoms. The second-order valence-corrected chi connectivity index (χ2v) is 4.34. The molecule has 1 aromatic rings. The highest BCUT2D eigenvalue weighted by Crippen LogP contribution is 2.25. The number of nitrogens with two attached hydrogens (primary N) is 1. The first-order valence-electron chi connectivity index (χ1n) is 3.43. The van der Waals surface area contributed by atoms with E-state index in [-0.39, 0.29) is 0 Å². The molecular formula is C7H6F3NO2S. The molecule has 0 unspecified atom stereocenters. The van der Waals surface area contributed by atoms with Gasteiger partial charge in [0.1, 0.15) is 5.82 Å². The molecular weight excluding hydrogens is 219 g/mol. The molecule has 3 nitrogen and oxygen atoms in total. The number of rotatable bonds is 2. The fraction of sp³-hybridized carbons (Fsp3) is 0.143. The Balaban J connectivity index is 3.42. The van der Waals surface area contributed by atoms with Crippen LogP contribution in [-0.4, -0.2) is 14.2 Å². The van der Waals surface area contributed by atoms with Gasteiger partial charge in [-0.05, 0) is 12.1 Å². The van der Waals surface area contributed by atoms with Crippen LogP contribution in [0.4, 0.5) is 18.9 Å². The van der Waals surface area contributed by atoms with Crippen LogP contribution < -0.4 is 5.73 Å². The second-order valence-electron chi connectivity index (χ2n) is 2.46. The van der Waals surface area contributed by atoms with Gasteiger partial charge in [0.05, 0.1) is 10.6 Å². The summed E-state index contributed by atoms with van der Waals surface area (Å²) >= 11 is 0. The van der Waals surface area contributed by atoms with Crippen molar-refractivity contribution in [1.29, 1.82) is 0 Å². The number of benzene rings is 1. The van der Waals surface area contributed by atoms with Crippen molar-refractivity contribution in [3.05, 3.63) is 24.0 Å². The molecule has 1 rings (SSSR count). The predicted octanol–water partition coefficient (Wildman–Crippen LogP) is 1.40. The topological polar surface area (TPSA) is 60.2 Å². The van der Waals surface area contributed by atoms with Gasteiger partial charge in [0.2, 0.25) is 9.84 Å². The maximum atomic E-state index is 12.7. The SMILES string of the molecule is Nc1c(F)cccc1S(=O)(=O)C(F)F. The van der Waals surface area contributed by atoms with Gasteiger partial charge in [-0.3, -0.25) is 0 Å². The van der Waals surface area contributed by atoms with Crippen molar-refractivity contribution < 1.29 is 21.6 Å². The monoisotopic (exact) mass is 225 g/mol. The summed E-state index contributed by atoms with van der Waals surface area (Å²) in [6.07, 6.45) is 0. The fourth-order valence-corrected chi connectivity index (χ4v) is 1.73. The minimum absolute atomic E-state index is 0.784. The van der Waals surface area contributed by atoms with Gasteiger partial charge >= 0.3 is 5.76 Å². The van der Waals surface area contributed by atoms with E-state index < -0.39 is 32.0 Å². The smallest absolute Gasteiger partial charge is 0.341 e. The molecule has 0 bridgehead atoms. The molecule has 0 saturated carbocycles. The number of hydrogen-bond acceptors (Lipinski definition) is 3. The Morgan fingerprint density at radius 1 is 1.29 bits per heavy atom. The molecule has 0 spiro atoms. The minimum Gasteiger partial charge on any atom is -0.395 e. The average molecular weight is 225 g/mol.